The summed E-state index contributed by atoms with van der Waals surface area (Å²) in [6.45, 7) is 7.36. The lowest BCUT2D eigenvalue weighted by atomic mass is 9.95. The molecule has 29 heavy (non-hydrogen) atoms. The van der Waals surface area contributed by atoms with Crippen molar-refractivity contribution in [2.75, 3.05) is 0 Å². The Hall–Kier alpha value is -2.63. The largest absolute Gasteiger partial charge is 0.343 e. The van der Waals surface area contributed by atoms with E-state index in [-0.39, 0.29) is 24.0 Å². The second-order valence-corrected chi connectivity index (χ2v) is 7.78. The lowest BCUT2D eigenvalue weighted by Gasteiger charge is -2.19. The number of hydrogen-bond donors (Lipinski definition) is 3. The second kappa shape index (κ2) is 8.39. The summed E-state index contributed by atoms with van der Waals surface area (Å²) in [5, 5.41) is 4.50. The van der Waals surface area contributed by atoms with E-state index in [4.69, 9.17) is 0 Å². The molecule has 2 heterocycles. The van der Waals surface area contributed by atoms with E-state index >= 15 is 0 Å². The van der Waals surface area contributed by atoms with Gasteiger partial charge in [0.2, 0.25) is 5.91 Å². The van der Waals surface area contributed by atoms with Gasteiger partial charge in [0.25, 0.3) is 0 Å². The number of amides is 1. The third-order valence-electron chi connectivity index (χ3n) is 6.07. The molecule has 3 unspecified atom stereocenters. The third kappa shape index (κ3) is 3.68. The number of aryl methyl sites for hydroxylation is 2. The van der Waals surface area contributed by atoms with E-state index in [1.54, 1.807) is 0 Å². The first kappa shape index (κ1) is 19.7. The summed E-state index contributed by atoms with van der Waals surface area (Å²) in [6, 6.07) is 18.7. The van der Waals surface area contributed by atoms with Crippen LogP contribution >= 0.6 is 0 Å². The van der Waals surface area contributed by atoms with E-state index in [0.29, 0.717) is 0 Å². The Morgan fingerprint density at radius 2 is 1.83 bits per heavy atom. The van der Waals surface area contributed by atoms with Crippen LogP contribution in [0.25, 0.3) is 10.9 Å². The predicted octanol–water partition coefficient (Wildman–Crippen LogP) is 4.14. The van der Waals surface area contributed by atoms with E-state index < -0.39 is 0 Å². The minimum atomic E-state index is -0.124. The highest BCUT2D eigenvalue weighted by Crippen LogP contribution is 2.33. The van der Waals surface area contributed by atoms with Crippen molar-refractivity contribution in [2.24, 2.45) is 0 Å². The summed E-state index contributed by atoms with van der Waals surface area (Å²) in [6.07, 6.45) is 1.50. The maximum atomic E-state index is 12.9. The van der Waals surface area contributed by atoms with Crippen LogP contribution in [-0.2, 0) is 11.3 Å². The standard InChI is InChI=1S/C24H30N4O/c1-4-18(17-11-7-6-8-12-17)24(29)25-22-15-20(26-27-22)23-16(3)19-13-9-10-14-21(19)28(23)5-2/h6-14,18,20,22,26-27H,4-5,15H2,1-3H3,(H,25,29). The van der Waals surface area contributed by atoms with E-state index in [1.807, 2.05) is 30.3 Å². The predicted molar refractivity (Wildman–Crippen MR) is 117 cm³/mol. The van der Waals surface area contributed by atoms with Crippen LogP contribution in [-0.4, -0.2) is 16.6 Å². The molecular formula is C24H30N4O. The quantitative estimate of drug-likeness (QED) is 0.593. The highest BCUT2D eigenvalue weighted by Gasteiger charge is 2.31. The third-order valence-corrected chi connectivity index (χ3v) is 6.07. The summed E-state index contributed by atoms with van der Waals surface area (Å²) in [5.41, 5.74) is 11.7. The Morgan fingerprint density at radius 1 is 1.10 bits per heavy atom. The molecule has 5 nitrogen and oxygen atoms in total. The summed E-state index contributed by atoms with van der Waals surface area (Å²) in [4.78, 5) is 12.9. The van der Waals surface area contributed by atoms with E-state index in [1.165, 1.54) is 22.2 Å². The fourth-order valence-electron chi connectivity index (χ4n) is 4.65. The van der Waals surface area contributed by atoms with Crippen LogP contribution in [0.3, 0.4) is 0 Å². The van der Waals surface area contributed by atoms with Crippen LogP contribution in [0, 0.1) is 6.92 Å². The van der Waals surface area contributed by atoms with Crippen molar-refractivity contribution >= 4 is 16.8 Å². The molecule has 3 N–H and O–H groups in total. The summed E-state index contributed by atoms with van der Waals surface area (Å²) < 4.78 is 2.38. The first-order valence-corrected chi connectivity index (χ1v) is 10.6. The van der Waals surface area contributed by atoms with Gasteiger partial charge >= 0.3 is 0 Å². The first-order valence-electron chi connectivity index (χ1n) is 10.6. The van der Waals surface area contributed by atoms with Gasteiger partial charge in [0.1, 0.15) is 0 Å². The molecule has 1 aliphatic heterocycles. The fraction of sp³-hybridized carbons (Fsp3) is 0.375. The normalized spacial score (nSPS) is 20.1. The molecule has 0 saturated carbocycles. The van der Waals surface area contributed by atoms with Gasteiger partial charge in [0, 0.05) is 29.6 Å². The molecule has 1 amide bonds. The van der Waals surface area contributed by atoms with Crippen LogP contribution in [0.2, 0.25) is 0 Å². The van der Waals surface area contributed by atoms with Crippen LogP contribution in [0.4, 0.5) is 0 Å². The second-order valence-electron chi connectivity index (χ2n) is 7.78. The number of benzene rings is 2. The molecule has 0 bridgehead atoms. The number of hydrazine groups is 1. The molecule has 1 aromatic heterocycles. The van der Waals surface area contributed by atoms with Gasteiger partial charge in [-0.05, 0) is 37.5 Å². The molecule has 1 aliphatic rings. The Kier molecular flexibility index (Phi) is 5.69. The highest BCUT2D eigenvalue weighted by molar-refractivity contribution is 5.86. The Bertz CT molecular complexity index is 995. The van der Waals surface area contributed by atoms with E-state index in [0.717, 1.165) is 24.9 Å². The summed E-state index contributed by atoms with van der Waals surface area (Å²) >= 11 is 0. The van der Waals surface area contributed by atoms with Crippen molar-refractivity contribution < 1.29 is 4.79 Å². The number of hydrogen-bond acceptors (Lipinski definition) is 3. The molecule has 2 aromatic carbocycles. The van der Waals surface area contributed by atoms with Crippen molar-refractivity contribution in [3.05, 3.63) is 71.4 Å². The van der Waals surface area contributed by atoms with Crippen LogP contribution in [0.1, 0.15) is 55.5 Å². The number of nitrogens with one attached hydrogen (secondary N) is 3. The van der Waals surface area contributed by atoms with Crippen LogP contribution in [0.5, 0.6) is 0 Å². The van der Waals surface area contributed by atoms with Crippen molar-refractivity contribution in [2.45, 2.75) is 58.3 Å². The van der Waals surface area contributed by atoms with Crippen molar-refractivity contribution in [3.63, 3.8) is 0 Å². The zero-order valence-corrected chi connectivity index (χ0v) is 17.4. The smallest absolute Gasteiger partial charge is 0.228 e. The van der Waals surface area contributed by atoms with Gasteiger partial charge in [0.05, 0.1) is 18.1 Å². The number of aromatic nitrogens is 1. The first-order chi connectivity index (χ1) is 14.1. The molecule has 0 aliphatic carbocycles. The number of nitrogens with zero attached hydrogens (tertiary/aromatic N) is 1. The Labute approximate surface area is 172 Å². The van der Waals surface area contributed by atoms with Crippen molar-refractivity contribution in [1.82, 2.24) is 20.7 Å². The Morgan fingerprint density at radius 3 is 2.55 bits per heavy atom. The molecular weight excluding hydrogens is 360 g/mol. The zero-order chi connectivity index (χ0) is 20.4. The molecule has 0 spiro atoms. The zero-order valence-electron chi connectivity index (χ0n) is 17.4. The Balaban J connectivity index is 1.51. The molecule has 3 atom stereocenters. The molecule has 4 rings (SSSR count). The topological polar surface area (TPSA) is 58.1 Å². The van der Waals surface area contributed by atoms with E-state index in [2.05, 4.69) is 65.8 Å². The fourth-order valence-corrected chi connectivity index (χ4v) is 4.65. The van der Waals surface area contributed by atoms with E-state index in [9.17, 15) is 4.79 Å². The van der Waals surface area contributed by atoms with Gasteiger partial charge in [-0.15, -0.1) is 0 Å². The molecule has 152 valence electrons. The summed E-state index contributed by atoms with van der Waals surface area (Å²) in [5.74, 6) is -0.0488. The number of rotatable bonds is 6. The van der Waals surface area contributed by atoms with Crippen LogP contribution in [0.15, 0.2) is 54.6 Å². The molecule has 0 radical (unpaired) electrons. The monoisotopic (exact) mass is 390 g/mol. The number of carbonyl (C=O) groups is 1. The maximum Gasteiger partial charge on any atom is 0.228 e. The highest BCUT2D eigenvalue weighted by atomic mass is 16.2. The minimum Gasteiger partial charge on any atom is -0.343 e. The van der Waals surface area contributed by atoms with Gasteiger partial charge in [-0.1, -0.05) is 55.5 Å². The molecule has 1 saturated heterocycles. The molecule has 1 fully saturated rings. The van der Waals surface area contributed by atoms with Crippen LogP contribution < -0.4 is 16.2 Å². The van der Waals surface area contributed by atoms with Crippen molar-refractivity contribution in [3.8, 4) is 0 Å². The molecule has 5 heteroatoms. The van der Waals surface area contributed by atoms with Gasteiger partial charge in [-0.25, -0.2) is 10.9 Å². The maximum absolute atomic E-state index is 12.9. The van der Waals surface area contributed by atoms with Gasteiger partial charge < -0.3 is 9.88 Å². The number of para-hydroxylation sites is 1. The number of fused-ring (bicyclic) bond motifs is 1. The lowest BCUT2D eigenvalue weighted by Crippen LogP contribution is -2.45. The summed E-state index contributed by atoms with van der Waals surface area (Å²) in [7, 11) is 0. The average Bonchev–Trinajstić information content (AvgIpc) is 3.31. The van der Waals surface area contributed by atoms with Gasteiger partial charge in [0.15, 0.2) is 0 Å². The SMILES string of the molecule is CCC(C(=O)NC1CC(c2c(C)c3ccccc3n2CC)NN1)c1ccccc1. The molecule has 3 aromatic rings. The minimum absolute atomic E-state index is 0.0754. The average molecular weight is 391 g/mol. The van der Waals surface area contributed by atoms with Gasteiger partial charge in [-0.3, -0.25) is 4.79 Å². The lowest BCUT2D eigenvalue weighted by molar-refractivity contribution is -0.123. The van der Waals surface area contributed by atoms with Gasteiger partial charge in [-0.2, -0.15) is 0 Å². The van der Waals surface area contributed by atoms with Crippen molar-refractivity contribution in [1.29, 1.82) is 0 Å². The number of carbonyl (C=O) groups excluding carboxylic acids is 1.